The van der Waals surface area contributed by atoms with E-state index in [0.717, 1.165) is 12.8 Å². The lowest BCUT2D eigenvalue weighted by molar-refractivity contribution is -0.338. The molecule has 0 aromatic carbocycles. The Labute approximate surface area is 136 Å². The second-order valence-electron chi connectivity index (χ2n) is 9.85. The highest BCUT2D eigenvalue weighted by Gasteiger charge is 2.49. The fourth-order valence-electron chi connectivity index (χ4n) is 4.66. The molecule has 130 valence electrons. The van der Waals surface area contributed by atoms with E-state index in [9.17, 15) is 5.21 Å². The maximum atomic E-state index is 10.5. The molecular weight excluding hydrogens is 276 g/mol. The largest absolute Gasteiger partial charge is 0.313 e. The van der Waals surface area contributed by atoms with Gasteiger partial charge in [0.15, 0.2) is 0 Å². The average molecular weight is 312 g/mol. The number of hydrogen-bond donors (Lipinski definition) is 1. The Bertz CT molecular complexity index is 381. The Balaban J connectivity index is 2.18. The first-order valence-electron chi connectivity index (χ1n) is 8.74. The summed E-state index contributed by atoms with van der Waals surface area (Å²) in [5.41, 5.74) is -0.411. The van der Waals surface area contributed by atoms with Crippen molar-refractivity contribution in [2.24, 2.45) is 0 Å². The van der Waals surface area contributed by atoms with Gasteiger partial charge in [0, 0.05) is 22.2 Å². The van der Waals surface area contributed by atoms with Crippen molar-refractivity contribution in [1.29, 1.82) is 0 Å². The lowest BCUT2D eigenvalue weighted by Gasteiger charge is -2.56. The van der Waals surface area contributed by atoms with E-state index in [0.29, 0.717) is 0 Å². The minimum atomic E-state index is -0.267. The zero-order valence-electron chi connectivity index (χ0n) is 15.9. The standard InChI is InChI=1S/C18H36N2O2/c1-15(2)10-9-11-16(3,4)20(15)22-14-12-17(5,6)19(21)18(7,8)13-14/h14,21H,9-13H2,1-8H3. The summed E-state index contributed by atoms with van der Waals surface area (Å²) in [5.74, 6) is 0. The van der Waals surface area contributed by atoms with Gasteiger partial charge in [0.05, 0.1) is 6.10 Å². The van der Waals surface area contributed by atoms with Crippen LogP contribution in [0.3, 0.4) is 0 Å². The smallest absolute Gasteiger partial charge is 0.0830 e. The van der Waals surface area contributed by atoms with Crippen molar-refractivity contribution < 1.29 is 10.0 Å². The predicted octanol–water partition coefficient (Wildman–Crippen LogP) is 4.37. The maximum absolute atomic E-state index is 10.5. The first kappa shape index (κ1) is 18.2. The van der Waals surface area contributed by atoms with Gasteiger partial charge >= 0.3 is 0 Å². The highest BCUT2D eigenvalue weighted by Crippen LogP contribution is 2.43. The van der Waals surface area contributed by atoms with Crippen LogP contribution in [-0.2, 0) is 4.84 Å². The van der Waals surface area contributed by atoms with Crippen LogP contribution in [0.15, 0.2) is 0 Å². The first-order chi connectivity index (χ1) is 9.78. The van der Waals surface area contributed by atoms with Gasteiger partial charge in [0.2, 0.25) is 0 Å². The number of hydrogen-bond acceptors (Lipinski definition) is 4. The summed E-state index contributed by atoms with van der Waals surface area (Å²) in [6.07, 6.45) is 5.42. The van der Waals surface area contributed by atoms with E-state index < -0.39 is 0 Å². The Morgan fingerprint density at radius 1 is 0.773 bits per heavy atom. The van der Waals surface area contributed by atoms with Gasteiger partial charge in [0.25, 0.3) is 0 Å². The molecule has 0 radical (unpaired) electrons. The molecule has 0 saturated carbocycles. The van der Waals surface area contributed by atoms with Crippen LogP contribution in [0.1, 0.15) is 87.5 Å². The molecule has 1 N–H and O–H groups in total. The average Bonchev–Trinajstić information content (AvgIpc) is 2.30. The fraction of sp³-hybridized carbons (Fsp3) is 1.00. The summed E-state index contributed by atoms with van der Waals surface area (Å²) >= 11 is 0. The van der Waals surface area contributed by atoms with Crippen LogP contribution in [-0.4, -0.2) is 43.6 Å². The number of piperidine rings is 2. The second kappa shape index (κ2) is 5.44. The molecule has 0 atom stereocenters. The van der Waals surface area contributed by atoms with Gasteiger partial charge < -0.3 is 5.21 Å². The van der Waals surface area contributed by atoms with E-state index >= 15 is 0 Å². The third-order valence-electron chi connectivity index (χ3n) is 5.53. The van der Waals surface area contributed by atoms with Gasteiger partial charge in [-0.25, -0.2) is 0 Å². The van der Waals surface area contributed by atoms with Crippen molar-refractivity contribution in [3.63, 3.8) is 0 Å². The Morgan fingerprint density at radius 3 is 1.59 bits per heavy atom. The molecule has 22 heavy (non-hydrogen) atoms. The van der Waals surface area contributed by atoms with Crippen LogP contribution < -0.4 is 0 Å². The zero-order valence-corrected chi connectivity index (χ0v) is 15.9. The minimum absolute atomic E-state index is 0.0619. The number of hydroxylamine groups is 4. The molecule has 4 nitrogen and oxygen atoms in total. The van der Waals surface area contributed by atoms with Crippen LogP contribution in [0.2, 0.25) is 0 Å². The summed E-state index contributed by atoms with van der Waals surface area (Å²) in [4.78, 5) is 6.58. The first-order valence-corrected chi connectivity index (χ1v) is 8.74. The third-order valence-corrected chi connectivity index (χ3v) is 5.53. The van der Waals surface area contributed by atoms with Crippen LogP contribution in [0.5, 0.6) is 0 Å². The molecule has 0 aromatic heterocycles. The monoisotopic (exact) mass is 312 g/mol. The zero-order chi connectivity index (χ0) is 17.0. The minimum Gasteiger partial charge on any atom is -0.313 e. The summed E-state index contributed by atoms with van der Waals surface area (Å²) in [7, 11) is 0. The SMILES string of the molecule is CC1(C)CC(ON2C(C)(C)CCCC2(C)C)CC(C)(C)N1O. The molecule has 0 bridgehead atoms. The van der Waals surface area contributed by atoms with Gasteiger partial charge in [-0.05, 0) is 87.5 Å². The molecule has 2 rings (SSSR count). The summed E-state index contributed by atoms with van der Waals surface area (Å²) in [5, 5.41) is 14.2. The van der Waals surface area contributed by atoms with E-state index in [-0.39, 0.29) is 28.3 Å². The number of nitrogens with zero attached hydrogens (tertiary/aromatic N) is 2. The van der Waals surface area contributed by atoms with Crippen molar-refractivity contribution in [1.82, 2.24) is 10.1 Å². The highest BCUT2D eigenvalue weighted by atomic mass is 16.7. The van der Waals surface area contributed by atoms with Crippen molar-refractivity contribution >= 4 is 0 Å². The predicted molar refractivity (Wildman–Crippen MR) is 89.7 cm³/mol. The van der Waals surface area contributed by atoms with Crippen LogP contribution in [0.4, 0.5) is 0 Å². The summed E-state index contributed by atoms with van der Waals surface area (Å²) in [6.45, 7) is 17.5. The highest BCUT2D eigenvalue weighted by molar-refractivity contribution is 4.98. The molecule has 0 aliphatic carbocycles. The molecule has 0 amide bonds. The van der Waals surface area contributed by atoms with E-state index in [4.69, 9.17) is 4.84 Å². The van der Waals surface area contributed by atoms with Crippen LogP contribution in [0.25, 0.3) is 0 Å². The molecule has 2 heterocycles. The Morgan fingerprint density at radius 2 is 1.18 bits per heavy atom. The van der Waals surface area contributed by atoms with Gasteiger partial charge in [0.1, 0.15) is 0 Å². The summed E-state index contributed by atoms with van der Waals surface area (Å²) < 4.78 is 0. The van der Waals surface area contributed by atoms with E-state index in [1.54, 1.807) is 0 Å². The summed E-state index contributed by atoms with van der Waals surface area (Å²) in [6, 6.07) is 0. The maximum Gasteiger partial charge on any atom is 0.0830 e. The number of rotatable bonds is 2. The lowest BCUT2D eigenvalue weighted by Crippen LogP contribution is -2.64. The second-order valence-corrected chi connectivity index (χ2v) is 9.85. The molecule has 4 heteroatoms. The van der Waals surface area contributed by atoms with Crippen LogP contribution in [0, 0.1) is 0 Å². The van der Waals surface area contributed by atoms with Gasteiger partial charge in [-0.15, -0.1) is 0 Å². The fourth-order valence-corrected chi connectivity index (χ4v) is 4.66. The van der Waals surface area contributed by atoms with Crippen molar-refractivity contribution in [3.8, 4) is 0 Å². The van der Waals surface area contributed by atoms with Gasteiger partial charge in [-0.3, -0.25) is 4.84 Å². The topological polar surface area (TPSA) is 35.9 Å². The molecule has 0 spiro atoms. The Kier molecular flexibility index (Phi) is 4.49. The van der Waals surface area contributed by atoms with Crippen molar-refractivity contribution in [3.05, 3.63) is 0 Å². The normalized spacial score (nSPS) is 32.0. The van der Waals surface area contributed by atoms with Crippen molar-refractivity contribution in [2.45, 2.75) is 116 Å². The van der Waals surface area contributed by atoms with Crippen molar-refractivity contribution in [2.75, 3.05) is 0 Å². The van der Waals surface area contributed by atoms with E-state index in [1.807, 2.05) is 0 Å². The Hall–Kier alpha value is -0.160. The third kappa shape index (κ3) is 3.35. The molecule has 2 fully saturated rings. The molecule has 0 unspecified atom stereocenters. The van der Waals surface area contributed by atoms with E-state index in [1.165, 1.54) is 24.3 Å². The molecule has 2 saturated heterocycles. The molecule has 2 aliphatic heterocycles. The molecule has 0 aromatic rings. The molecule has 2 aliphatic rings. The van der Waals surface area contributed by atoms with E-state index in [2.05, 4.69) is 60.5 Å². The van der Waals surface area contributed by atoms with Gasteiger partial charge in [-0.2, -0.15) is 10.1 Å². The van der Waals surface area contributed by atoms with Crippen LogP contribution >= 0.6 is 0 Å². The molecular formula is C18H36N2O2. The quantitative estimate of drug-likeness (QED) is 0.821. The van der Waals surface area contributed by atoms with Gasteiger partial charge in [-0.1, -0.05) is 0 Å². The lowest BCUT2D eigenvalue weighted by atomic mass is 9.79.